The molecule has 1 saturated carbocycles. The smallest absolute Gasteiger partial charge is 0.338 e. The minimum absolute atomic E-state index is 0.311. The fourth-order valence-electron chi connectivity index (χ4n) is 2.45. The first kappa shape index (κ1) is 14.8. The van der Waals surface area contributed by atoms with Gasteiger partial charge in [-0.25, -0.2) is 9.18 Å². The first-order valence-corrected chi connectivity index (χ1v) is 7.05. The van der Waals surface area contributed by atoms with Crippen LogP contribution in [0.1, 0.15) is 42.5 Å². The van der Waals surface area contributed by atoms with E-state index in [2.05, 4.69) is 5.32 Å². The molecule has 5 heteroatoms. The third-order valence-corrected chi connectivity index (χ3v) is 3.54. The summed E-state index contributed by atoms with van der Waals surface area (Å²) in [6.45, 7) is 1.16. The van der Waals surface area contributed by atoms with E-state index in [1.165, 1.54) is 31.4 Å². The van der Waals surface area contributed by atoms with E-state index in [1.54, 1.807) is 6.07 Å². The molecule has 2 N–H and O–H groups in total. The molecule has 0 spiro atoms. The van der Waals surface area contributed by atoms with Crippen molar-refractivity contribution in [3.05, 3.63) is 29.6 Å². The number of rotatable bonds is 6. The zero-order valence-electron chi connectivity index (χ0n) is 11.4. The number of carboxylic acids is 1. The number of anilines is 1. The maximum atomic E-state index is 13.4. The van der Waals surface area contributed by atoms with Gasteiger partial charge in [-0.3, -0.25) is 0 Å². The lowest BCUT2D eigenvalue weighted by molar-refractivity contribution is 0.0347. The monoisotopic (exact) mass is 281 g/mol. The van der Waals surface area contributed by atoms with Gasteiger partial charge in [-0.2, -0.15) is 0 Å². The largest absolute Gasteiger partial charge is 0.478 e. The quantitative estimate of drug-likeness (QED) is 0.786. The molecule has 0 bridgehead atoms. The Bertz CT molecular complexity index is 458. The summed E-state index contributed by atoms with van der Waals surface area (Å²) < 4.78 is 19.2. The average molecular weight is 281 g/mol. The third-order valence-electron chi connectivity index (χ3n) is 3.54. The van der Waals surface area contributed by atoms with Crippen LogP contribution >= 0.6 is 0 Å². The molecule has 0 unspecified atom stereocenters. The number of carbonyl (C=O) groups is 1. The van der Waals surface area contributed by atoms with E-state index in [0.29, 0.717) is 24.9 Å². The van der Waals surface area contributed by atoms with Crippen LogP contribution in [0.3, 0.4) is 0 Å². The fourth-order valence-corrected chi connectivity index (χ4v) is 2.45. The summed E-state index contributed by atoms with van der Waals surface area (Å²) >= 11 is 0. The summed E-state index contributed by atoms with van der Waals surface area (Å²) in [6.07, 6.45) is 6.38. The minimum Gasteiger partial charge on any atom is -0.478 e. The van der Waals surface area contributed by atoms with Gasteiger partial charge in [-0.05, 0) is 31.0 Å². The number of hydrogen-bond donors (Lipinski definition) is 2. The summed E-state index contributed by atoms with van der Waals surface area (Å²) in [5.41, 5.74) is 0.258. The van der Waals surface area contributed by atoms with Crippen LogP contribution in [0.4, 0.5) is 10.1 Å². The molecule has 1 aromatic carbocycles. The average Bonchev–Trinajstić information content (AvgIpc) is 2.44. The number of ether oxygens (including phenoxy) is 1. The summed E-state index contributed by atoms with van der Waals surface area (Å²) in [5, 5.41) is 11.8. The highest BCUT2D eigenvalue weighted by atomic mass is 19.1. The lowest BCUT2D eigenvalue weighted by Gasteiger charge is -2.22. The number of carboxylic acid groups (broad SMARTS) is 1. The number of hydrogen-bond acceptors (Lipinski definition) is 3. The summed E-state index contributed by atoms with van der Waals surface area (Å²) in [6, 6.07) is 4.03. The summed E-state index contributed by atoms with van der Waals surface area (Å²) in [5.74, 6) is -1.98. The third kappa shape index (κ3) is 4.20. The van der Waals surface area contributed by atoms with E-state index in [4.69, 9.17) is 9.84 Å². The van der Waals surface area contributed by atoms with Crippen molar-refractivity contribution in [3.8, 4) is 0 Å². The molecule has 0 saturated heterocycles. The lowest BCUT2D eigenvalue weighted by Crippen LogP contribution is -2.20. The molecule has 4 nitrogen and oxygen atoms in total. The molecular formula is C15H20FNO3. The van der Waals surface area contributed by atoms with Gasteiger partial charge in [-0.1, -0.05) is 19.3 Å². The molecule has 110 valence electrons. The first-order chi connectivity index (χ1) is 9.66. The van der Waals surface area contributed by atoms with Gasteiger partial charge in [0.2, 0.25) is 0 Å². The van der Waals surface area contributed by atoms with Crippen LogP contribution in [0.15, 0.2) is 18.2 Å². The molecule has 0 radical (unpaired) electrons. The van der Waals surface area contributed by atoms with E-state index < -0.39 is 11.8 Å². The number of nitrogens with one attached hydrogen (secondary N) is 1. The van der Waals surface area contributed by atoms with Crippen molar-refractivity contribution >= 4 is 11.7 Å². The second-order valence-corrected chi connectivity index (χ2v) is 5.06. The van der Waals surface area contributed by atoms with Crippen LogP contribution in [0.2, 0.25) is 0 Å². The van der Waals surface area contributed by atoms with Gasteiger partial charge in [0.25, 0.3) is 0 Å². The molecule has 1 aliphatic rings. The molecule has 1 fully saturated rings. The van der Waals surface area contributed by atoms with Crippen LogP contribution in [0.25, 0.3) is 0 Å². The Morgan fingerprint density at radius 1 is 1.35 bits per heavy atom. The van der Waals surface area contributed by atoms with Gasteiger partial charge < -0.3 is 15.2 Å². The van der Waals surface area contributed by atoms with E-state index in [1.807, 2.05) is 0 Å². The fraction of sp³-hybridized carbons (Fsp3) is 0.533. The standard InChI is InChI=1S/C15H20FNO3/c16-14-10-11(6-7-13(14)15(18)19)17-8-9-20-12-4-2-1-3-5-12/h6-7,10,12,17H,1-5,8-9H2,(H,18,19). The van der Waals surface area contributed by atoms with Crippen molar-refractivity contribution in [2.75, 3.05) is 18.5 Å². The Kier molecular flexibility index (Phi) is 5.35. The van der Waals surface area contributed by atoms with Gasteiger partial charge >= 0.3 is 5.97 Å². The van der Waals surface area contributed by atoms with Crippen molar-refractivity contribution in [1.29, 1.82) is 0 Å². The molecule has 20 heavy (non-hydrogen) atoms. The SMILES string of the molecule is O=C(O)c1ccc(NCCOC2CCCCC2)cc1F. The van der Waals surface area contributed by atoms with E-state index in [0.717, 1.165) is 12.8 Å². The van der Waals surface area contributed by atoms with Crippen LogP contribution in [0, 0.1) is 5.82 Å². The van der Waals surface area contributed by atoms with E-state index >= 15 is 0 Å². The van der Waals surface area contributed by atoms with Crippen molar-refractivity contribution < 1.29 is 19.0 Å². The molecule has 0 aromatic heterocycles. The maximum Gasteiger partial charge on any atom is 0.338 e. The van der Waals surface area contributed by atoms with Crippen molar-refractivity contribution in [2.24, 2.45) is 0 Å². The highest BCUT2D eigenvalue weighted by Crippen LogP contribution is 2.20. The lowest BCUT2D eigenvalue weighted by atomic mass is 9.98. The number of aromatic carboxylic acids is 1. The van der Waals surface area contributed by atoms with Gasteiger partial charge in [0, 0.05) is 12.2 Å². The van der Waals surface area contributed by atoms with Gasteiger partial charge in [0.15, 0.2) is 0 Å². The highest BCUT2D eigenvalue weighted by molar-refractivity contribution is 5.88. The van der Waals surface area contributed by atoms with Crippen LogP contribution in [0.5, 0.6) is 0 Å². The topological polar surface area (TPSA) is 58.6 Å². The van der Waals surface area contributed by atoms with Gasteiger partial charge in [-0.15, -0.1) is 0 Å². The molecule has 1 aliphatic carbocycles. The second kappa shape index (κ2) is 7.24. The Morgan fingerprint density at radius 2 is 2.10 bits per heavy atom. The van der Waals surface area contributed by atoms with Crippen molar-refractivity contribution in [2.45, 2.75) is 38.2 Å². The Morgan fingerprint density at radius 3 is 2.75 bits per heavy atom. The maximum absolute atomic E-state index is 13.4. The second-order valence-electron chi connectivity index (χ2n) is 5.06. The Balaban J connectivity index is 1.73. The minimum atomic E-state index is -1.25. The van der Waals surface area contributed by atoms with Gasteiger partial charge in [0.1, 0.15) is 5.82 Å². The van der Waals surface area contributed by atoms with Crippen LogP contribution in [-0.4, -0.2) is 30.3 Å². The van der Waals surface area contributed by atoms with Gasteiger partial charge in [0.05, 0.1) is 18.3 Å². The zero-order chi connectivity index (χ0) is 14.4. The molecule has 0 aliphatic heterocycles. The molecular weight excluding hydrogens is 261 g/mol. The first-order valence-electron chi connectivity index (χ1n) is 7.05. The van der Waals surface area contributed by atoms with E-state index in [9.17, 15) is 9.18 Å². The molecule has 1 aromatic rings. The molecule has 0 amide bonds. The number of benzene rings is 1. The normalized spacial score (nSPS) is 16.1. The predicted octanol–water partition coefficient (Wildman–Crippen LogP) is 3.29. The summed E-state index contributed by atoms with van der Waals surface area (Å²) in [7, 11) is 0. The zero-order valence-corrected chi connectivity index (χ0v) is 11.4. The van der Waals surface area contributed by atoms with Crippen LogP contribution < -0.4 is 5.32 Å². The highest BCUT2D eigenvalue weighted by Gasteiger charge is 2.13. The molecule has 0 atom stereocenters. The van der Waals surface area contributed by atoms with Crippen LogP contribution in [-0.2, 0) is 4.74 Å². The Hall–Kier alpha value is -1.62. The van der Waals surface area contributed by atoms with Crippen molar-refractivity contribution in [3.63, 3.8) is 0 Å². The number of halogens is 1. The van der Waals surface area contributed by atoms with E-state index in [-0.39, 0.29) is 5.56 Å². The Labute approximate surface area is 117 Å². The van der Waals surface area contributed by atoms with Crippen molar-refractivity contribution in [1.82, 2.24) is 0 Å². The molecule has 0 heterocycles. The molecule has 2 rings (SSSR count). The summed E-state index contributed by atoms with van der Waals surface area (Å²) in [4.78, 5) is 10.7. The predicted molar refractivity (Wildman–Crippen MR) is 74.7 cm³/mol.